The van der Waals surface area contributed by atoms with Gasteiger partial charge in [0.15, 0.2) is 0 Å². The van der Waals surface area contributed by atoms with Gasteiger partial charge in [-0.2, -0.15) is 0 Å². The molecule has 0 radical (unpaired) electrons. The number of halogens is 2. The normalized spacial score (nSPS) is 12.2. The largest absolute Gasteiger partial charge is 0.507 e. The average Bonchev–Trinajstić information content (AvgIpc) is 2.48. The Morgan fingerprint density at radius 2 is 1.42 bits per heavy atom. The number of rotatable bonds is 2. The Hall–Kier alpha value is -2.43. The molecule has 0 saturated carbocycles. The average molecular weight is 361 g/mol. The maximum absolute atomic E-state index is 13.8. The van der Waals surface area contributed by atoms with Crippen molar-refractivity contribution in [2.24, 2.45) is 0 Å². The standard InChI is InChI=1S/C21H25F2NO2/c1-20(2,3)14-9-12(10-15(18(14)25)21(4,5)6)19(26)24-17-11-13(22)7-8-16(17)23/h7-11,25H,1-6H3,(H,24,26). The van der Waals surface area contributed by atoms with Gasteiger partial charge in [0.25, 0.3) is 5.91 Å². The minimum atomic E-state index is -0.717. The molecule has 0 spiro atoms. The molecule has 2 aromatic rings. The molecule has 0 aromatic heterocycles. The summed E-state index contributed by atoms with van der Waals surface area (Å²) in [4.78, 5) is 12.7. The number of carbonyl (C=O) groups is 1. The first-order valence-electron chi connectivity index (χ1n) is 8.45. The second kappa shape index (κ2) is 6.71. The van der Waals surface area contributed by atoms with Crippen molar-refractivity contribution in [3.8, 4) is 5.75 Å². The van der Waals surface area contributed by atoms with Crippen molar-refractivity contribution in [3.63, 3.8) is 0 Å². The predicted molar refractivity (Wildman–Crippen MR) is 99.8 cm³/mol. The molecule has 0 heterocycles. The van der Waals surface area contributed by atoms with E-state index in [4.69, 9.17) is 0 Å². The zero-order valence-electron chi connectivity index (χ0n) is 16.0. The Bertz CT molecular complexity index is 811. The summed E-state index contributed by atoms with van der Waals surface area (Å²) in [5.41, 5.74) is 0.498. The molecule has 0 aliphatic carbocycles. The summed E-state index contributed by atoms with van der Waals surface area (Å²) in [7, 11) is 0. The van der Waals surface area contributed by atoms with E-state index in [1.54, 1.807) is 12.1 Å². The number of phenolic OH excluding ortho intramolecular Hbond substituents is 1. The van der Waals surface area contributed by atoms with Crippen LogP contribution in [0, 0.1) is 11.6 Å². The lowest BCUT2D eigenvalue weighted by Crippen LogP contribution is -2.21. The molecular formula is C21H25F2NO2. The number of aromatic hydroxyl groups is 1. The lowest BCUT2D eigenvalue weighted by atomic mass is 9.78. The molecule has 140 valence electrons. The summed E-state index contributed by atoms with van der Waals surface area (Å²) < 4.78 is 27.2. The summed E-state index contributed by atoms with van der Waals surface area (Å²) in [6.45, 7) is 11.6. The molecule has 0 aliphatic heterocycles. The van der Waals surface area contributed by atoms with Crippen LogP contribution in [-0.2, 0) is 10.8 Å². The molecule has 0 unspecified atom stereocenters. The maximum Gasteiger partial charge on any atom is 0.255 e. The van der Waals surface area contributed by atoms with E-state index < -0.39 is 28.4 Å². The molecular weight excluding hydrogens is 336 g/mol. The highest BCUT2D eigenvalue weighted by molar-refractivity contribution is 6.04. The van der Waals surface area contributed by atoms with E-state index in [0.717, 1.165) is 18.2 Å². The van der Waals surface area contributed by atoms with Gasteiger partial charge >= 0.3 is 0 Å². The van der Waals surface area contributed by atoms with Gasteiger partial charge < -0.3 is 10.4 Å². The molecule has 0 bridgehead atoms. The zero-order chi connectivity index (χ0) is 19.9. The molecule has 0 aliphatic rings. The van der Waals surface area contributed by atoms with Crippen molar-refractivity contribution in [2.75, 3.05) is 5.32 Å². The van der Waals surface area contributed by atoms with Crippen molar-refractivity contribution < 1.29 is 18.7 Å². The van der Waals surface area contributed by atoms with E-state index in [9.17, 15) is 18.7 Å². The molecule has 26 heavy (non-hydrogen) atoms. The second-order valence-corrected chi connectivity index (χ2v) is 8.50. The van der Waals surface area contributed by atoms with Gasteiger partial charge in [0, 0.05) is 22.8 Å². The smallest absolute Gasteiger partial charge is 0.255 e. The zero-order valence-corrected chi connectivity index (χ0v) is 16.0. The van der Waals surface area contributed by atoms with Crippen LogP contribution in [0.1, 0.15) is 63.0 Å². The van der Waals surface area contributed by atoms with E-state index in [-0.39, 0.29) is 17.0 Å². The fourth-order valence-corrected chi connectivity index (χ4v) is 2.70. The van der Waals surface area contributed by atoms with Crippen LogP contribution in [-0.4, -0.2) is 11.0 Å². The van der Waals surface area contributed by atoms with Crippen LogP contribution in [0.25, 0.3) is 0 Å². The van der Waals surface area contributed by atoms with Gasteiger partial charge in [-0.1, -0.05) is 41.5 Å². The number of anilines is 1. The van der Waals surface area contributed by atoms with Crippen LogP contribution in [0.15, 0.2) is 30.3 Å². The first kappa shape index (κ1) is 19.9. The summed E-state index contributed by atoms with van der Waals surface area (Å²) in [5.74, 6) is -1.77. The number of benzene rings is 2. The summed E-state index contributed by atoms with van der Waals surface area (Å²) in [5, 5.41) is 13.1. The van der Waals surface area contributed by atoms with E-state index >= 15 is 0 Å². The van der Waals surface area contributed by atoms with Crippen LogP contribution >= 0.6 is 0 Å². The van der Waals surface area contributed by atoms with Gasteiger partial charge in [0.05, 0.1) is 5.69 Å². The van der Waals surface area contributed by atoms with Gasteiger partial charge in [-0.3, -0.25) is 4.79 Å². The van der Waals surface area contributed by atoms with E-state index in [1.807, 2.05) is 41.5 Å². The summed E-state index contributed by atoms with van der Waals surface area (Å²) in [6.07, 6.45) is 0. The Balaban J connectivity index is 2.55. The van der Waals surface area contributed by atoms with Crippen LogP contribution in [0.4, 0.5) is 14.5 Å². The van der Waals surface area contributed by atoms with E-state index in [1.165, 1.54) is 0 Å². The third-order valence-corrected chi connectivity index (χ3v) is 4.16. The van der Waals surface area contributed by atoms with Crippen molar-refractivity contribution >= 4 is 11.6 Å². The monoisotopic (exact) mass is 361 g/mol. The van der Waals surface area contributed by atoms with E-state index in [0.29, 0.717) is 11.1 Å². The Morgan fingerprint density at radius 1 is 0.923 bits per heavy atom. The minimum absolute atomic E-state index is 0.151. The molecule has 3 nitrogen and oxygen atoms in total. The first-order valence-corrected chi connectivity index (χ1v) is 8.45. The number of amides is 1. The lowest BCUT2D eigenvalue weighted by molar-refractivity contribution is 0.102. The SMILES string of the molecule is CC(C)(C)c1cc(C(=O)Nc2cc(F)ccc2F)cc(C(C)(C)C)c1O. The highest BCUT2D eigenvalue weighted by atomic mass is 19.1. The van der Waals surface area contributed by atoms with Gasteiger partial charge in [-0.15, -0.1) is 0 Å². The molecule has 2 N–H and O–H groups in total. The fraction of sp³-hybridized carbons (Fsp3) is 0.381. The quantitative estimate of drug-likeness (QED) is 0.740. The Morgan fingerprint density at radius 3 is 1.88 bits per heavy atom. The van der Waals surface area contributed by atoms with Gasteiger partial charge in [-0.05, 0) is 35.1 Å². The molecule has 5 heteroatoms. The van der Waals surface area contributed by atoms with Crippen LogP contribution in [0.2, 0.25) is 0 Å². The van der Waals surface area contributed by atoms with Crippen molar-refractivity contribution in [1.29, 1.82) is 0 Å². The van der Waals surface area contributed by atoms with Crippen LogP contribution < -0.4 is 5.32 Å². The predicted octanol–water partition coefficient (Wildman–Crippen LogP) is 5.52. The molecule has 0 saturated heterocycles. The van der Waals surface area contributed by atoms with Crippen molar-refractivity contribution in [1.82, 2.24) is 0 Å². The third-order valence-electron chi connectivity index (χ3n) is 4.16. The topological polar surface area (TPSA) is 49.3 Å². The van der Waals surface area contributed by atoms with Crippen molar-refractivity contribution in [3.05, 3.63) is 58.7 Å². The second-order valence-electron chi connectivity index (χ2n) is 8.50. The minimum Gasteiger partial charge on any atom is -0.507 e. The number of hydrogen-bond acceptors (Lipinski definition) is 2. The van der Waals surface area contributed by atoms with Crippen LogP contribution in [0.5, 0.6) is 5.75 Å². The number of nitrogens with one attached hydrogen (secondary N) is 1. The molecule has 2 rings (SSSR count). The Kier molecular flexibility index (Phi) is 5.13. The van der Waals surface area contributed by atoms with Gasteiger partial charge in [0.1, 0.15) is 17.4 Å². The lowest BCUT2D eigenvalue weighted by Gasteiger charge is -2.28. The van der Waals surface area contributed by atoms with Crippen molar-refractivity contribution in [2.45, 2.75) is 52.4 Å². The number of phenols is 1. The third kappa shape index (κ3) is 4.21. The van der Waals surface area contributed by atoms with Gasteiger partial charge in [0.2, 0.25) is 0 Å². The summed E-state index contributed by atoms with van der Waals surface area (Å²) in [6, 6.07) is 6.07. The highest BCUT2D eigenvalue weighted by Gasteiger charge is 2.28. The Labute approximate surface area is 153 Å². The molecule has 0 fully saturated rings. The first-order chi connectivity index (χ1) is 11.8. The summed E-state index contributed by atoms with van der Waals surface area (Å²) >= 11 is 0. The molecule has 0 atom stereocenters. The molecule has 2 aromatic carbocycles. The molecule has 1 amide bonds. The fourth-order valence-electron chi connectivity index (χ4n) is 2.70. The number of carbonyl (C=O) groups excluding carboxylic acids is 1. The number of hydrogen-bond donors (Lipinski definition) is 2. The van der Waals surface area contributed by atoms with E-state index in [2.05, 4.69) is 5.32 Å². The maximum atomic E-state index is 13.8. The van der Waals surface area contributed by atoms with Crippen LogP contribution in [0.3, 0.4) is 0 Å². The highest BCUT2D eigenvalue weighted by Crippen LogP contribution is 2.39. The van der Waals surface area contributed by atoms with Gasteiger partial charge in [-0.25, -0.2) is 8.78 Å².